The van der Waals surface area contributed by atoms with Gasteiger partial charge in [0.2, 0.25) is 17.7 Å². The van der Waals surface area contributed by atoms with E-state index in [2.05, 4.69) is 6.92 Å². The van der Waals surface area contributed by atoms with E-state index in [1.807, 2.05) is 0 Å². The lowest BCUT2D eigenvalue weighted by molar-refractivity contribution is -0.139. The number of hydrogen-bond donors (Lipinski definition) is 0. The molecule has 2 aromatic rings. The van der Waals surface area contributed by atoms with E-state index in [0.29, 0.717) is 33.6 Å². The van der Waals surface area contributed by atoms with Crippen molar-refractivity contribution >= 4 is 46.7 Å². The largest absolute Gasteiger partial charge is 0.426 e. The van der Waals surface area contributed by atoms with Crippen LogP contribution in [-0.4, -0.2) is 30.2 Å². The van der Waals surface area contributed by atoms with E-state index in [-0.39, 0.29) is 42.5 Å². The molecule has 5 rings (SSSR count). The number of amides is 3. The number of hydrogen-bond acceptors (Lipinski definition) is 5. The van der Waals surface area contributed by atoms with Crippen LogP contribution in [0.25, 0.3) is 0 Å². The third kappa shape index (κ3) is 4.33. The van der Waals surface area contributed by atoms with Crippen molar-refractivity contribution in [3.63, 3.8) is 0 Å². The summed E-state index contributed by atoms with van der Waals surface area (Å²) in [6.45, 7) is 4.14. The van der Waals surface area contributed by atoms with Gasteiger partial charge in [0.15, 0.2) is 0 Å². The molecule has 3 fully saturated rings. The quantitative estimate of drug-likeness (QED) is 0.354. The standard InChI is InChI=1S/C27H27ClN2O5/c1-15-3-9-21-22(11-15)26(33)30(25(21)32)23-10-8-20(12-16(23)2)35-27(34)17-13-24(31)29(14-17)19-6-4-18(28)5-7-19/h4-8,10,12,15,17,21-22H,3,9,11,13-14H2,1-2H3/t15-,17-,21-,22-/m1/s1. The van der Waals surface area contributed by atoms with Crippen LogP contribution in [0, 0.1) is 30.6 Å². The van der Waals surface area contributed by atoms with Crippen LogP contribution in [0.4, 0.5) is 11.4 Å². The Labute approximate surface area is 209 Å². The fourth-order valence-electron chi connectivity index (χ4n) is 5.50. The molecule has 0 unspecified atom stereocenters. The summed E-state index contributed by atoms with van der Waals surface area (Å²) in [6, 6.07) is 11.8. The zero-order valence-corrected chi connectivity index (χ0v) is 20.5. The maximum absolute atomic E-state index is 13.1. The number of imide groups is 1. The van der Waals surface area contributed by atoms with Gasteiger partial charge in [0.05, 0.1) is 23.4 Å². The molecule has 2 aromatic carbocycles. The molecule has 1 saturated carbocycles. The molecule has 2 saturated heterocycles. The molecule has 182 valence electrons. The molecule has 0 spiro atoms. The van der Waals surface area contributed by atoms with Gasteiger partial charge >= 0.3 is 5.97 Å². The van der Waals surface area contributed by atoms with Crippen molar-refractivity contribution in [2.24, 2.45) is 23.7 Å². The molecule has 3 aliphatic rings. The smallest absolute Gasteiger partial charge is 0.316 e. The Kier molecular flexibility index (Phi) is 6.13. The number of rotatable bonds is 4. The summed E-state index contributed by atoms with van der Waals surface area (Å²) in [6.07, 6.45) is 2.51. The van der Waals surface area contributed by atoms with Gasteiger partial charge in [-0.3, -0.25) is 19.2 Å². The third-order valence-electron chi connectivity index (χ3n) is 7.41. The number of halogens is 1. The molecule has 4 atom stereocenters. The van der Waals surface area contributed by atoms with Crippen LogP contribution >= 0.6 is 11.6 Å². The molecule has 8 heteroatoms. The molecule has 7 nitrogen and oxygen atoms in total. The fraction of sp³-hybridized carbons (Fsp3) is 0.407. The Hall–Kier alpha value is -3.19. The van der Waals surface area contributed by atoms with Crippen LogP contribution in [0.15, 0.2) is 42.5 Å². The van der Waals surface area contributed by atoms with E-state index < -0.39 is 11.9 Å². The molecule has 0 N–H and O–H groups in total. The van der Waals surface area contributed by atoms with Crippen LogP contribution < -0.4 is 14.5 Å². The van der Waals surface area contributed by atoms with E-state index in [0.717, 1.165) is 19.3 Å². The number of carbonyl (C=O) groups excluding carboxylic acids is 4. The normalized spacial score (nSPS) is 26.3. The van der Waals surface area contributed by atoms with Gasteiger partial charge in [-0.05, 0) is 80.1 Å². The van der Waals surface area contributed by atoms with Crippen molar-refractivity contribution in [3.8, 4) is 5.75 Å². The van der Waals surface area contributed by atoms with Gasteiger partial charge in [-0.25, -0.2) is 4.90 Å². The number of benzene rings is 2. The zero-order valence-electron chi connectivity index (χ0n) is 19.7. The highest BCUT2D eigenvalue weighted by Gasteiger charge is 2.50. The van der Waals surface area contributed by atoms with Gasteiger partial charge in [-0.15, -0.1) is 0 Å². The van der Waals surface area contributed by atoms with Crippen molar-refractivity contribution in [1.82, 2.24) is 0 Å². The molecular formula is C27H27ClN2O5. The average Bonchev–Trinajstić information content (AvgIpc) is 3.32. The Bertz CT molecular complexity index is 1210. The molecule has 2 aliphatic heterocycles. The van der Waals surface area contributed by atoms with Crippen LogP contribution in [0.5, 0.6) is 5.75 Å². The highest BCUT2D eigenvalue weighted by molar-refractivity contribution is 6.30. The Morgan fingerprint density at radius 3 is 2.43 bits per heavy atom. The minimum absolute atomic E-state index is 0.0660. The number of fused-ring (bicyclic) bond motifs is 1. The summed E-state index contributed by atoms with van der Waals surface area (Å²) in [5.41, 5.74) is 1.89. The van der Waals surface area contributed by atoms with Gasteiger partial charge in [0.1, 0.15) is 5.75 Å². The van der Waals surface area contributed by atoms with E-state index in [1.54, 1.807) is 54.3 Å². The molecule has 3 amide bonds. The van der Waals surface area contributed by atoms with E-state index in [4.69, 9.17) is 16.3 Å². The predicted octanol–water partition coefficient (Wildman–Crippen LogP) is 4.53. The zero-order chi connectivity index (χ0) is 24.9. The van der Waals surface area contributed by atoms with E-state index in [9.17, 15) is 19.2 Å². The fourth-order valence-corrected chi connectivity index (χ4v) is 5.63. The lowest BCUT2D eigenvalue weighted by atomic mass is 9.76. The molecular weight excluding hydrogens is 468 g/mol. The highest BCUT2D eigenvalue weighted by Crippen LogP contribution is 2.43. The van der Waals surface area contributed by atoms with Gasteiger partial charge in [0, 0.05) is 23.7 Å². The first kappa shape index (κ1) is 23.5. The predicted molar refractivity (Wildman–Crippen MR) is 131 cm³/mol. The number of carbonyl (C=O) groups is 4. The first-order valence-corrected chi connectivity index (χ1v) is 12.4. The Morgan fingerprint density at radius 1 is 1.00 bits per heavy atom. The van der Waals surface area contributed by atoms with Crippen molar-refractivity contribution < 1.29 is 23.9 Å². The van der Waals surface area contributed by atoms with Crippen molar-refractivity contribution in [2.45, 2.75) is 39.5 Å². The summed E-state index contributed by atoms with van der Waals surface area (Å²) in [7, 11) is 0. The third-order valence-corrected chi connectivity index (χ3v) is 7.66. The number of aryl methyl sites for hydroxylation is 1. The molecule has 1 aliphatic carbocycles. The first-order valence-electron chi connectivity index (χ1n) is 12.0. The summed E-state index contributed by atoms with van der Waals surface area (Å²) in [5, 5.41) is 0.570. The summed E-state index contributed by atoms with van der Waals surface area (Å²) >= 11 is 5.93. The number of anilines is 2. The number of ether oxygens (including phenoxy) is 1. The number of nitrogens with zero attached hydrogens (tertiary/aromatic N) is 2. The lowest BCUT2D eigenvalue weighted by Crippen LogP contribution is -2.31. The first-order chi connectivity index (χ1) is 16.7. The summed E-state index contributed by atoms with van der Waals surface area (Å²) in [4.78, 5) is 54.2. The SMILES string of the molecule is Cc1cc(OC(=O)[C@@H]2CC(=O)N(c3ccc(Cl)cc3)C2)ccc1N1C(=O)[C@@H]2CC[C@@H](C)C[C@H]2C1=O. The average molecular weight is 495 g/mol. The van der Waals surface area contributed by atoms with Crippen molar-refractivity contribution in [2.75, 3.05) is 16.3 Å². The van der Waals surface area contributed by atoms with Gasteiger partial charge in [0.25, 0.3) is 0 Å². The molecule has 35 heavy (non-hydrogen) atoms. The van der Waals surface area contributed by atoms with Crippen LogP contribution in [0.2, 0.25) is 5.02 Å². The van der Waals surface area contributed by atoms with Crippen LogP contribution in [0.1, 0.15) is 38.2 Å². The summed E-state index contributed by atoms with van der Waals surface area (Å²) < 4.78 is 5.58. The molecule has 0 radical (unpaired) electrons. The topological polar surface area (TPSA) is 84.0 Å². The van der Waals surface area contributed by atoms with E-state index >= 15 is 0 Å². The minimum Gasteiger partial charge on any atom is -0.426 e. The molecule has 2 heterocycles. The Balaban J connectivity index is 1.27. The second kappa shape index (κ2) is 9.11. The summed E-state index contributed by atoms with van der Waals surface area (Å²) in [5.74, 6) is -1.22. The lowest BCUT2D eigenvalue weighted by Gasteiger charge is -2.25. The van der Waals surface area contributed by atoms with Crippen molar-refractivity contribution in [3.05, 3.63) is 53.1 Å². The van der Waals surface area contributed by atoms with Gasteiger partial charge in [-0.2, -0.15) is 0 Å². The maximum atomic E-state index is 13.1. The molecule has 0 bridgehead atoms. The minimum atomic E-state index is -0.593. The van der Waals surface area contributed by atoms with Crippen LogP contribution in [0.3, 0.4) is 0 Å². The Morgan fingerprint density at radius 2 is 1.71 bits per heavy atom. The monoisotopic (exact) mass is 494 g/mol. The highest BCUT2D eigenvalue weighted by atomic mass is 35.5. The second-order valence-corrected chi connectivity index (χ2v) is 10.3. The maximum Gasteiger partial charge on any atom is 0.316 e. The van der Waals surface area contributed by atoms with Gasteiger partial charge in [-0.1, -0.05) is 18.5 Å². The second-order valence-electron chi connectivity index (χ2n) is 9.89. The van der Waals surface area contributed by atoms with Gasteiger partial charge < -0.3 is 9.64 Å². The van der Waals surface area contributed by atoms with Crippen molar-refractivity contribution in [1.29, 1.82) is 0 Å². The van der Waals surface area contributed by atoms with E-state index in [1.165, 1.54) is 4.90 Å². The number of esters is 1. The van der Waals surface area contributed by atoms with Crippen LogP contribution in [-0.2, 0) is 19.2 Å². The molecule has 0 aromatic heterocycles.